The van der Waals surface area contributed by atoms with Gasteiger partial charge in [-0.3, -0.25) is 0 Å². The van der Waals surface area contributed by atoms with Gasteiger partial charge in [0.15, 0.2) is 0 Å². The van der Waals surface area contributed by atoms with Gasteiger partial charge in [-0.1, -0.05) is 238 Å². The first-order chi connectivity index (χ1) is 26.0. The molecule has 0 aromatic heterocycles. The van der Waals surface area contributed by atoms with E-state index >= 15 is 0 Å². The van der Waals surface area contributed by atoms with Gasteiger partial charge in [-0.05, 0) is 45.8 Å². The van der Waals surface area contributed by atoms with E-state index in [2.05, 4.69) is 15.6 Å². The van der Waals surface area contributed by atoms with E-state index < -0.39 is 0 Å². The van der Waals surface area contributed by atoms with E-state index in [0.717, 1.165) is 32.2 Å². The van der Waals surface area contributed by atoms with Crippen LogP contribution in [0.5, 0.6) is 0 Å². The van der Waals surface area contributed by atoms with Crippen LogP contribution in [-0.4, -0.2) is 24.2 Å². The van der Waals surface area contributed by atoms with E-state index in [4.69, 9.17) is 20.1 Å². The van der Waals surface area contributed by atoms with Crippen molar-refractivity contribution in [1.29, 1.82) is 0 Å². The molecular formula is C44H88N2O6. The maximum atomic E-state index is 5.79. The molecule has 1 aliphatic heterocycles. The summed E-state index contributed by atoms with van der Waals surface area (Å²) < 4.78 is 0. The van der Waals surface area contributed by atoms with Crippen LogP contribution in [0.25, 0.3) is 0 Å². The molecule has 1 N–H and O–H groups in total. The van der Waals surface area contributed by atoms with Crippen molar-refractivity contribution in [2.75, 3.05) is 13.1 Å². The van der Waals surface area contributed by atoms with E-state index in [1.54, 1.807) is 0 Å². The average Bonchev–Trinajstić information content (AvgIpc) is 3.15. The molecule has 1 saturated heterocycles. The Morgan fingerprint density at radius 2 is 0.577 bits per heavy atom. The van der Waals surface area contributed by atoms with E-state index in [1.165, 1.54) is 238 Å². The van der Waals surface area contributed by atoms with Gasteiger partial charge in [-0.25, -0.2) is 0 Å². The van der Waals surface area contributed by atoms with Crippen molar-refractivity contribution >= 4 is 0 Å². The minimum Gasteiger partial charge on any atom is -0.167 e. The lowest BCUT2D eigenvalue weighted by Crippen LogP contribution is -2.36. The molecule has 0 atom stereocenters. The molecule has 8 nitrogen and oxygen atoms in total. The van der Waals surface area contributed by atoms with Crippen molar-refractivity contribution in [3.05, 3.63) is 0 Å². The SMILES string of the molecule is C1CCCCCCCCCCCCC(N2CCCCCCCCCCCCCCCCCCNOOOOOO2)CCCCCCCCCCCC1. The molecule has 52 heavy (non-hydrogen) atoms. The molecule has 1 aliphatic carbocycles. The van der Waals surface area contributed by atoms with Gasteiger partial charge < -0.3 is 0 Å². The second-order valence-electron chi connectivity index (χ2n) is 16.5. The largest absolute Gasteiger partial charge is 0.167 e. The minimum absolute atomic E-state index is 0.299. The van der Waals surface area contributed by atoms with E-state index in [-0.39, 0.29) is 0 Å². The molecular weight excluding hydrogens is 652 g/mol. The van der Waals surface area contributed by atoms with E-state index in [0.29, 0.717) is 12.6 Å². The lowest BCUT2D eigenvalue weighted by Gasteiger charge is -2.28. The zero-order valence-corrected chi connectivity index (χ0v) is 34.4. The van der Waals surface area contributed by atoms with Crippen LogP contribution in [0.15, 0.2) is 0 Å². The predicted molar refractivity (Wildman–Crippen MR) is 214 cm³/mol. The van der Waals surface area contributed by atoms with Crippen LogP contribution in [0.3, 0.4) is 0 Å². The quantitative estimate of drug-likeness (QED) is 0.267. The van der Waals surface area contributed by atoms with Gasteiger partial charge in [-0.2, -0.15) is 10.5 Å². The van der Waals surface area contributed by atoms with Crippen LogP contribution in [0.1, 0.15) is 263 Å². The summed E-state index contributed by atoms with van der Waals surface area (Å²) in [5.41, 5.74) is 2.75. The molecule has 0 amide bonds. The second kappa shape index (κ2) is 40.3. The third-order valence-electron chi connectivity index (χ3n) is 11.7. The Balaban J connectivity index is 1.83. The maximum Gasteiger partial charge on any atom is 0.0383 e. The summed E-state index contributed by atoms with van der Waals surface area (Å²) in [7, 11) is 0. The molecule has 2 aliphatic rings. The van der Waals surface area contributed by atoms with Gasteiger partial charge in [0.1, 0.15) is 0 Å². The molecule has 0 bridgehead atoms. The number of nitrogens with one attached hydrogen (secondary N) is 1. The second-order valence-corrected chi connectivity index (χ2v) is 16.5. The van der Waals surface area contributed by atoms with E-state index in [9.17, 15) is 0 Å². The van der Waals surface area contributed by atoms with Gasteiger partial charge in [0.2, 0.25) is 0 Å². The lowest BCUT2D eigenvalue weighted by molar-refractivity contribution is -0.779. The molecule has 0 unspecified atom stereocenters. The molecule has 1 saturated carbocycles. The molecule has 0 spiro atoms. The minimum atomic E-state index is 0.299. The summed E-state index contributed by atoms with van der Waals surface area (Å²) in [6.45, 7) is 1.52. The molecule has 2 fully saturated rings. The smallest absolute Gasteiger partial charge is 0.0383 e. The van der Waals surface area contributed by atoms with Gasteiger partial charge in [0, 0.05) is 19.1 Å². The Bertz CT molecular complexity index is 581. The summed E-state index contributed by atoms with van der Waals surface area (Å²) >= 11 is 0. The lowest BCUT2D eigenvalue weighted by atomic mass is 9.98. The highest BCUT2D eigenvalue weighted by Gasteiger charge is 2.21. The molecule has 0 radical (unpaired) electrons. The van der Waals surface area contributed by atoms with Crippen molar-refractivity contribution in [2.45, 2.75) is 269 Å². The first-order valence-electron chi connectivity index (χ1n) is 23.5. The Hall–Kier alpha value is -0.320. The number of hydrogen-bond acceptors (Lipinski definition) is 8. The number of rotatable bonds is 1. The van der Waals surface area contributed by atoms with Gasteiger partial charge in [0.05, 0.1) is 0 Å². The van der Waals surface area contributed by atoms with Crippen LogP contribution >= 0.6 is 0 Å². The van der Waals surface area contributed by atoms with Crippen LogP contribution in [0, 0.1) is 0 Å². The van der Waals surface area contributed by atoms with Crippen molar-refractivity contribution in [3.63, 3.8) is 0 Å². The fourth-order valence-corrected chi connectivity index (χ4v) is 8.28. The third kappa shape index (κ3) is 33.1. The van der Waals surface area contributed by atoms with Crippen molar-refractivity contribution in [2.24, 2.45) is 0 Å². The fraction of sp³-hybridized carbons (Fsp3) is 1.00. The van der Waals surface area contributed by atoms with Crippen LogP contribution in [0.4, 0.5) is 0 Å². The Kier molecular flexibility index (Phi) is 37.1. The monoisotopic (exact) mass is 741 g/mol. The Morgan fingerprint density at radius 1 is 0.288 bits per heavy atom. The Morgan fingerprint density at radius 3 is 0.942 bits per heavy atom. The molecule has 310 valence electrons. The van der Waals surface area contributed by atoms with Gasteiger partial charge in [-0.15, -0.1) is 9.98 Å². The maximum absolute atomic E-state index is 5.79. The summed E-state index contributed by atoms with van der Waals surface area (Å²) in [5.74, 6) is 0. The highest BCUT2D eigenvalue weighted by atomic mass is 17.8. The summed E-state index contributed by atoms with van der Waals surface area (Å²) in [6.07, 6.45) is 55.0. The van der Waals surface area contributed by atoms with Crippen molar-refractivity contribution in [3.8, 4) is 0 Å². The topological polar surface area (TPSA) is 70.7 Å². The van der Waals surface area contributed by atoms with Crippen LogP contribution in [0.2, 0.25) is 0 Å². The fourth-order valence-electron chi connectivity index (χ4n) is 8.28. The molecule has 0 aromatic carbocycles. The summed E-state index contributed by atoms with van der Waals surface area (Å²) in [6, 6.07) is 0.299. The van der Waals surface area contributed by atoms with Crippen LogP contribution < -0.4 is 5.48 Å². The molecule has 0 aromatic rings. The predicted octanol–water partition coefficient (Wildman–Crippen LogP) is 14.8. The summed E-state index contributed by atoms with van der Waals surface area (Å²) in [5, 5.41) is 21.1. The highest BCUT2D eigenvalue weighted by Crippen LogP contribution is 2.22. The zero-order valence-electron chi connectivity index (χ0n) is 34.4. The van der Waals surface area contributed by atoms with Crippen molar-refractivity contribution in [1.82, 2.24) is 10.5 Å². The number of hydroxylamine groups is 3. The molecule has 1 heterocycles. The number of hydrogen-bond donors (Lipinski definition) is 1. The van der Waals surface area contributed by atoms with Crippen LogP contribution in [-0.2, 0) is 30.1 Å². The van der Waals surface area contributed by atoms with E-state index in [1.807, 2.05) is 5.06 Å². The standard InChI is InChI=1S/C44H88N2O6/c1-2-4-6-8-12-16-20-24-28-32-36-40-44(41-37-33-29-25-21-17-13-9-7-5-3-1)46-43-39-35-31-27-23-19-15-11-10-14-18-22-26-30-34-38-42-45-47-49-51-52-50-48-46/h44-45H,1-43H2. The molecule has 8 heteroatoms. The zero-order chi connectivity index (χ0) is 36.5. The van der Waals surface area contributed by atoms with Gasteiger partial charge in [0.25, 0.3) is 0 Å². The normalized spacial score (nSPS) is 25.2. The van der Waals surface area contributed by atoms with Gasteiger partial charge >= 0.3 is 0 Å². The first kappa shape index (κ1) is 47.8. The Labute approximate surface area is 322 Å². The third-order valence-corrected chi connectivity index (χ3v) is 11.7. The summed E-state index contributed by atoms with van der Waals surface area (Å²) in [4.78, 5) is 10.7. The highest BCUT2D eigenvalue weighted by molar-refractivity contribution is 4.68. The van der Waals surface area contributed by atoms with Crippen molar-refractivity contribution < 1.29 is 30.1 Å². The first-order valence-corrected chi connectivity index (χ1v) is 23.5. The molecule has 2 rings (SSSR count). The average molecular weight is 741 g/mol. The number of nitrogens with zero attached hydrogens (tertiary/aromatic N) is 1.